The summed E-state index contributed by atoms with van der Waals surface area (Å²) in [7, 11) is 0. The Kier molecular flexibility index (Phi) is 4.30. The SMILES string of the molecule is O=C(O)CSCC(=O)NC1CCCc2occc21. The van der Waals surface area contributed by atoms with Crippen molar-refractivity contribution in [2.45, 2.75) is 25.3 Å². The van der Waals surface area contributed by atoms with Crippen molar-refractivity contribution in [3.8, 4) is 0 Å². The lowest BCUT2D eigenvalue weighted by Gasteiger charge is -2.22. The van der Waals surface area contributed by atoms with E-state index in [1.165, 1.54) is 0 Å². The van der Waals surface area contributed by atoms with Gasteiger partial charge in [-0.1, -0.05) is 0 Å². The van der Waals surface area contributed by atoms with Crippen molar-refractivity contribution >= 4 is 23.6 Å². The molecule has 6 heteroatoms. The number of carboxylic acids is 1. The highest BCUT2D eigenvalue weighted by Gasteiger charge is 2.23. The summed E-state index contributed by atoms with van der Waals surface area (Å²) in [6.45, 7) is 0. The van der Waals surface area contributed by atoms with Gasteiger partial charge in [0, 0.05) is 12.0 Å². The van der Waals surface area contributed by atoms with Crippen molar-refractivity contribution in [1.29, 1.82) is 0 Å². The van der Waals surface area contributed by atoms with E-state index in [-0.39, 0.29) is 23.5 Å². The Bertz CT molecular complexity index is 443. The summed E-state index contributed by atoms with van der Waals surface area (Å²) in [5.41, 5.74) is 1.05. The van der Waals surface area contributed by atoms with E-state index < -0.39 is 5.97 Å². The third kappa shape index (κ3) is 3.29. The Morgan fingerprint density at radius 1 is 1.50 bits per heavy atom. The maximum Gasteiger partial charge on any atom is 0.313 e. The smallest absolute Gasteiger partial charge is 0.313 e. The Morgan fingerprint density at radius 2 is 2.33 bits per heavy atom. The van der Waals surface area contributed by atoms with Gasteiger partial charge >= 0.3 is 5.97 Å². The van der Waals surface area contributed by atoms with Crippen LogP contribution < -0.4 is 5.32 Å². The lowest BCUT2D eigenvalue weighted by atomic mass is 9.93. The lowest BCUT2D eigenvalue weighted by molar-refractivity contribution is -0.133. The van der Waals surface area contributed by atoms with Gasteiger partial charge in [-0.3, -0.25) is 9.59 Å². The van der Waals surface area contributed by atoms with E-state index in [0.717, 1.165) is 42.3 Å². The van der Waals surface area contributed by atoms with Crippen molar-refractivity contribution in [3.63, 3.8) is 0 Å². The molecule has 98 valence electrons. The number of nitrogens with one attached hydrogen (secondary N) is 1. The molecule has 1 aliphatic carbocycles. The molecular weight excluding hydrogens is 254 g/mol. The highest BCUT2D eigenvalue weighted by Crippen LogP contribution is 2.30. The number of fused-ring (bicyclic) bond motifs is 1. The molecule has 0 aliphatic heterocycles. The Balaban J connectivity index is 1.84. The van der Waals surface area contributed by atoms with E-state index in [1.807, 2.05) is 6.07 Å². The summed E-state index contributed by atoms with van der Waals surface area (Å²) < 4.78 is 5.35. The number of furan rings is 1. The Hall–Kier alpha value is -1.43. The fraction of sp³-hybridized carbons (Fsp3) is 0.500. The molecule has 2 N–H and O–H groups in total. The van der Waals surface area contributed by atoms with Crippen LogP contribution in [0.2, 0.25) is 0 Å². The number of rotatable bonds is 5. The first-order chi connectivity index (χ1) is 8.66. The van der Waals surface area contributed by atoms with Crippen molar-refractivity contribution in [2.24, 2.45) is 0 Å². The van der Waals surface area contributed by atoms with Crippen molar-refractivity contribution in [3.05, 3.63) is 23.7 Å². The largest absolute Gasteiger partial charge is 0.481 e. The molecule has 2 rings (SSSR count). The molecule has 0 saturated carbocycles. The van der Waals surface area contributed by atoms with Crippen molar-refractivity contribution < 1.29 is 19.1 Å². The minimum atomic E-state index is -0.900. The second-order valence-corrected chi connectivity index (χ2v) is 5.18. The van der Waals surface area contributed by atoms with E-state index in [4.69, 9.17) is 9.52 Å². The normalized spacial score (nSPS) is 18.1. The van der Waals surface area contributed by atoms with Gasteiger partial charge in [0.15, 0.2) is 0 Å². The summed E-state index contributed by atoms with van der Waals surface area (Å²) in [6.07, 6.45) is 4.46. The first-order valence-electron chi connectivity index (χ1n) is 5.82. The fourth-order valence-electron chi connectivity index (χ4n) is 2.10. The van der Waals surface area contributed by atoms with Gasteiger partial charge in [0.2, 0.25) is 5.91 Å². The van der Waals surface area contributed by atoms with Crippen LogP contribution >= 0.6 is 11.8 Å². The standard InChI is InChI=1S/C12H15NO4S/c14-11(6-18-7-12(15)16)13-9-2-1-3-10-8(9)4-5-17-10/h4-5,9H,1-3,6-7H2,(H,13,14)(H,15,16). The number of amides is 1. The van der Waals surface area contributed by atoms with Crippen LogP contribution in [0.15, 0.2) is 16.7 Å². The van der Waals surface area contributed by atoms with Crippen LogP contribution in [0.5, 0.6) is 0 Å². The molecule has 5 nitrogen and oxygen atoms in total. The summed E-state index contributed by atoms with van der Waals surface area (Å²) in [4.78, 5) is 22.0. The van der Waals surface area contributed by atoms with Crippen LogP contribution in [0.3, 0.4) is 0 Å². The number of thioether (sulfide) groups is 1. The number of aliphatic carboxylic acids is 1. The van der Waals surface area contributed by atoms with E-state index in [2.05, 4.69) is 5.32 Å². The third-order valence-electron chi connectivity index (χ3n) is 2.85. The van der Waals surface area contributed by atoms with Gasteiger partial charge in [0.25, 0.3) is 0 Å². The molecule has 18 heavy (non-hydrogen) atoms. The number of carboxylic acid groups (broad SMARTS) is 1. The second-order valence-electron chi connectivity index (χ2n) is 4.20. The quantitative estimate of drug-likeness (QED) is 0.848. The van der Waals surface area contributed by atoms with Crippen molar-refractivity contribution in [2.75, 3.05) is 11.5 Å². The van der Waals surface area contributed by atoms with Gasteiger partial charge in [0.05, 0.1) is 23.8 Å². The van der Waals surface area contributed by atoms with E-state index in [9.17, 15) is 9.59 Å². The molecule has 0 fully saturated rings. The molecule has 1 aromatic rings. The lowest BCUT2D eigenvalue weighted by Crippen LogP contribution is -2.31. The van der Waals surface area contributed by atoms with Crippen LogP contribution in [0, 0.1) is 0 Å². The van der Waals surface area contributed by atoms with Crippen LogP contribution in [0.1, 0.15) is 30.2 Å². The summed E-state index contributed by atoms with van der Waals surface area (Å²) >= 11 is 1.11. The highest BCUT2D eigenvalue weighted by molar-refractivity contribution is 8.00. The van der Waals surface area contributed by atoms with Gasteiger partial charge in [-0.05, 0) is 18.9 Å². The molecule has 1 aliphatic rings. The molecule has 1 aromatic heterocycles. The van der Waals surface area contributed by atoms with E-state index >= 15 is 0 Å². The molecule has 0 aromatic carbocycles. The molecule has 1 atom stereocenters. The molecule has 0 saturated heterocycles. The molecule has 1 unspecified atom stereocenters. The predicted molar refractivity (Wildman–Crippen MR) is 67.5 cm³/mol. The Labute approximate surface area is 109 Å². The molecule has 1 heterocycles. The highest BCUT2D eigenvalue weighted by atomic mass is 32.2. The molecular formula is C12H15NO4S. The summed E-state index contributed by atoms with van der Waals surface area (Å²) in [5, 5.41) is 11.4. The zero-order chi connectivity index (χ0) is 13.0. The fourth-order valence-corrected chi connectivity index (χ4v) is 2.65. The zero-order valence-corrected chi connectivity index (χ0v) is 10.7. The maximum absolute atomic E-state index is 11.7. The summed E-state index contributed by atoms with van der Waals surface area (Å²) in [5.74, 6) is 0.0537. The van der Waals surface area contributed by atoms with Crippen LogP contribution in [0.4, 0.5) is 0 Å². The topological polar surface area (TPSA) is 79.5 Å². The number of carbonyl (C=O) groups is 2. The van der Waals surface area contributed by atoms with Crippen LogP contribution in [-0.4, -0.2) is 28.5 Å². The van der Waals surface area contributed by atoms with E-state index in [1.54, 1.807) is 6.26 Å². The van der Waals surface area contributed by atoms with Gasteiger partial charge in [-0.15, -0.1) is 11.8 Å². The van der Waals surface area contributed by atoms with Gasteiger partial charge in [-0.25, -0.2) is 0 Å². The minimum absolute atomic E-state index is 0.00503. The van der Waals surface area contributed by atoms with E-state index in [0.29, 0.717) is 0 Å². The summed E-state index contributed by atoms with van der Waals surface area (Å²) in [6, 6.07) is 1.90. The first kappa shape index (κ1) is 13.0. The zero-order valence-electron chi connectivity index (χ0n) is 9.85. The van der Waals surface area contributed by atoms with Crippen LogP contribution in [-0.2, 0) is 16.0 Å². The van der Waals surface area contributed by atoms with Crippen LogP contribution in [0.25, 0.3) is 0 Å². The number of aryl methyl sites for hydroxylation is 1. The van der Waals surface area contributed by atoms with Crippen molar-refractivity contribution in [1.82, 2.24) is 5.32 Å². The van der Waals surface area contributed by atoms with Gasteiger partial charge < -0.3 is 14.8 Å². The third-order valence-corrected chi connectivity index (χ3v) is 3.76. The number of hydrogen-bond donors (Lipinski definition) is 2. The predicted octanol–water partition coefficient (Wildman–Crippen LogP) is 1.59. The monoisotopic (exact) mass is 269 g/mol. The Morgan fingerprint density at radius 3 is 3.11 bits per heavy atom. The molecule has 1 amide bonds. The number of hydrogen-bond acceptors (Lipinski definition) is 4. The maximum atomic E-state index is 11.7. The minimum Gasteiger partial charge on any atom is -0.481 e. The number of carbonyl (C=O) groups excluding carboxylic acids is 1. The first-order valence-corrected chi connectivity index (χ1v) is 6.97. The van der Waals surface area contributed by atoms with Gasteiger partial charge in [0.1, 0.15) is 5.76 Å². The van der Waals surface area contributed by atoms with Gasteiger partial charge in [-0.2, -0.15) is 0 Å². The molecule has 0 radical (unpaired) electrons. The average molecular weight is 269 g/mol. The second kappa shape index (κ2) is 5.95. The molecule has 0 bridgehead atoms. The molecule has 0 spiro atoms. The average Bonchev–Trinajstić information content (AvgIpc) is 2.77.